The maximum atomic E-state index is 11.9. The molecule has 0 spiro atoms. The van der Waals surface area contributed by atoms with Crippen molar-refractivity contribution in [3.05, 3.63) is 0 Å². The van der Waals surface area contributed by atoms with E-state index in [1.165, 1.54) is 23.1 Å². The fourth-order valence-corrected chi connectivity index (χ4v) is 3.78. The molecular weight excluding hydrogens is 338 g/mol. The van der Waals surface area contributed by atoms with Crippen molar-refractivity contribution >= 4 is 40.0 Å². The second-order valence-electron chi connectivity index (χ2n) is 4.82. The van der Waals surface area contributed by atoms with Crippen LogP contribution in [0, 0.1) is 0 Å². The number of ether oxygens (including phenoxy) is 1. The Morgan fingerprint density at radius 3 is 2.70 bits per heavy atom. The Kier molecular flexibility index (Phi) is 7.06. The molecule has 1 N–H and O–H groups in total. The molecule has 0 unspecified atom stereocenters. The van der Waals surface area contributed by atoms with Crippen molar-refractivity contribution in [3.8, 4) is 0 Å². The van der Waals surface area contributed by atoms with Gasteiger partial charge in [0.2, 0.25) is 16.9 Å². The lowest BCUT2D eigenvalue weighted by Gasteiger charge is -2.34. The Morgan fingerprint density at radius 1 is 1.30 bits per heavy atom. The summed E-state index contributed by atoms with van der Waals surface area (Å²) >= 11 is 2.85. The van der Waals surface area contributed by atoms with Crippen LogP contribution in [0.2, 0.25) is 0 Å². The number of aromatic nitrogens is 2. The zero-order valence-corrected chi connectivity index (χ0v) is 14.9. The third kappa shape index (κ3) is 5.33. The molecule has 0 radical (unpaired) electrons. The highest BCUT2D eigenvalue weighted by Crippen LogP contribution is 2.28. The third-order valence-electron chi connectivity index (χ3n) is 3.33. The molecule has 0 bridgehead atoms. The topological polar surface area (TPSA) is 87.7 Å². The maximum Gasteiger partial charge on any atom is 0.248 e. The van der Waals surface area contributed by atoms with Gasteiger partial charge >= 0.3 is 0 Å². The lowest BCUT2D eigenvalue weighted by atomic mass is 10.3. The molecule has 2 amide bonds. The summed E-state index contributed by atoms with van der Waals surface area (Å²) in [5.74, 6) is 0.337. The van der Waals surface area contributed by atoms with E-state index in [1.54, 1.807) is 7.05 Å². The number of amides is 2. The van der Waals surface area contributed by atoms with Crippen molar-refractivity contribution < 1.29 is 14.3 Å². The molecule has 2 heterocycles. The van der Waals surface area contributed by atoms with E-state index in [0.29, 0.717) is 25.4 Å². The molecule has 1 aliphatic heterocycles. The van der Waals surface area contributed by atoms with Crippen molar-refractivity contribution in [1.29, 1.82) is 0 Å². The molecule has 1 saturated heterocycles. The number of rotatable bonds is 7. The molecule has 0 aromatic carbocycles. The van der Waals surface area contributed by atoms with Crippen molar-refractivity contribution in [1.82, 2.24) is 20.4 Å². The molecule has 2 rings (SSSR count). The largest absolute Gasteiger partial charge is 0.372 e. The summed E-state index contributed by atoms with van der Waals surface area (Å²) < 4.78 is 5.93. The number of hydrogen-bond acceptors (Lipinski definition) is 8. The molecule has 1 aromatic rings. The van der Waals surface area contributed by atoms with E-state index in [2.05, 4.69) is 20.4 Å². The summed E-state index contributed by atoms with van der Waals surface area (Å²) in [4.78, 5) is 27.1. The van der Waals surface area contributed by atoms with Gasteiger partial charge in [0.1, 0.15) is 6.61 Å². The van der Waals surface area contributed by atoms with Crippen LogP contribution >= 0.6 is 23.1 Å². The highest BCUT2D eigenvalue weighted by molar-refractivity contribution is 8.01. The van der Waals surface area contributed by atoms with Crippen LogP contribution in [0.3, 0.4) is 0 Å². The van der Waals surface area contributed by atoms with Crippen LogP contribution in [-0.4, -0.2) is 79.1 Å². The van der Waals surface area contributed by atoms with Crippen LogP contribution in [0.15, 0.2) is 4.34 Å². The Labute approximate surface area is 143 Å². The lowest BCUT2D eigenvalue weighted by molar-refractivity contribution is -0.136. The molecule has 1 aromatic heterocycles. The summed E-state index contributed by atoms with van der Waals surface area (Å²) in [6, 6.07) is 0. The van der Waals surface area contributed by atoms with E-state index in [4.69, 9.17) is 4.74 Å². The molecule has 128 valence electrons. The van der Waals surface area contributed by atoms with Gasteiger partial charge in [-0.05, 0) is 6.92 Å². The first-order valence-corrected chi connectivity index (χ1v) is 9.21. The molecular formula is C13H21N5O3S2. The smallest absolute Gasteiger partial charge is 0.248 e. The first-order chi connectivity index (χ1) is 11.1. The number of carbonyl (C=O) groups excluding carboxylic acids is 2. The minimum absolute atomic E-state index is 0.0330. The van der Waals surface area contributed by atoms with E-state index in [9.17, 15) is 9.59 Å². The number of nitrogens with one attached hydrogen (secondary N) is 1. The maximum absolute atomic E-state index is 11.9. The van der Waals surface area contributed by atoms with Crippen LogP contribution in [0.25, 0.3) is 0 Å². The van der Waals surface area contributed by atoms with Gasteiger partial charge in [0.15, 0.2) is 4.34 Å². The van der Waals surface area contributed by atoms with Gasteiger partial charge in [-0.2, -0.15) is 0 Å². The predicted octanol–water partition coefficient (Wildman–Crippen LogP) is 0.0613. The van der Waals surface area contributed by atoms with Crippen LogP contribution in [0.4, 0.5) is 5.13 Å². The minimum Gasteiger partial charge on any atom is -0.372 e. The van der Waals surface area contributed by atoms with Gasteiger partial charge in [0.25, 0.3) is 0 Å². The summed E-state index contributed by atoms with van der Waals surface area (Å²) in [6.07, 6.45) is 0. The van der Waals surface area contributed by atoms with Crippen LogP contribution in [-0.2, 0) is 14.3 Å². The highest BCUT2D eigenvalue weighted by Gasteiger charge is 2.23. The Morgan fingerprint density at radius 2 is 2.04 bits per heavy atom. The van der Waals surface area contributed by atoms with E-state index in [1.807, 2.05) is 11.8 Å². The molecule has 23 heavy (non-hydrogen) atoms. The molecule has 0 atom stereocenters. The number of carbonyl (C=O) groups is 2. The summed E-state index contributed by atoms with van der Waals surface area (Å²) in [6.45, 7) is 5.35. The molecule has 0 aliphatic carbocycles. The van der Waals surface area contributed by atoms with Gasteiger partial charge in [-0.1, -0.05) is 23.1 Å². The van der Waals surface area contributed by atoms with Crippen LogP contribution in [0.1, 0.15) is 6.92 Å². The van der Waals surface area contributed by atoms with Crippen LogP contribution < -0.4 is 10.2 Å². The van der Waals surface area contributed by atoms with Gasteiger partial charge in [0.05, 0.1) is 5.75 Å². The lowest BCUT2D eigenvalue weighted by Crippen LogP contribution is -2.49. The average Bonchev–Trinajstić information content (AvgIpc) is 3.06. The van der Waals surface area contributed by atoms with E-state index in [0.717, 1.165) is 22.6 Å². The van der Waals surface area contributed by atoms with Crippen molar-refractivity contribution in [2.24, 2.45) is 0 Å². The van der Waals surface area contributed by atoms with Crippen molar-refractivity contribution in [2.45, 2.75) is 11.3 Å². The molecule has 1 aliphatic rings. The zero-order valence-electron chi connectivity index (χ0n) is 13.3. The number of nitrogens with zero attached hydrogens (tertiary/aromatic N) is 4. The second-order valence-corrected chi connectivity index (χ2v) is 7.00. The number of thioether (sulfide) groups is 1. The average molecular weight is 359 g/mol. The van der Waals surface area contributed by atoms with Crippen molar-refractivity contribution in [2.75, 3.05) is 57.1 Å². The highest BCUT2D eigenvalue weighted by atomic mass is 32.2. The SMILES string of the molecule is CCOCC(=O)N1CCN(c2nnc(SCC(=O)NC)s2)CC1. The molecule has 1 fully saturated rings. The Hall–Kier alpha value is -1.39. The number of anilines is 1. The Bertz CT molecular complexity index is 531. The zero-order chi connectivity index (χ0) is 16.7. The normalized spacial score (nSPS) is 14.9. The van der Waals surface area contributed by atoms with Gasteiger partial charge in [-0.15, -0.1) is 10.2 Å². The van der Waals surface area contributed by atoms with Crippen molar-refractivity contribution in [3.63, 3.8) is 0 Å². The first-order valence-electron chi connectivity index (χ1n) is 7.41. The van der Waals surface area contributed by atoms with E-state index in [-0.39, 0.29) is 18.4 Å². The number of hydrogen-bond donors (Lipinski definition) is 1. The fourth-order valence-electron chi connectivity index (χ4n) is 2.02. The summed E-state index contributed by atoms with van der Waals surface area (Å²) in [5, 5.41) is 11.7. The summed E-state index contributed by atoms with van der Waals surface area (Å²) in [7, 11) is 1.61. The minimum atomic E-state index is -0.0341. The monoisotopic (exact) mass is 359 g/mol. The standard InChI is InChI=1S/C13H21N5O3S2/c1-3-21-8-11(20)17-4-6-18(7-5-17)12-15-16-13(23-12)22-9-10(19)14-2/h3-9H2,1-2H3,(H,14,19). The van der Waals surface area contributed by atoms with E-state index < -0.39 is 0 Å². The molecule has 10 heteroatoms. The number of piperazine rings is 1. The van der Waals surface area contributed by atoms with Gasteiger partial charge in [-0.3, -0.25) is 9.59 Å². The van der Waals surface area contributed by atoms with Gasteiger partial charge in [0, 0.05) is 39.8 Å². The molecule has 0 saturated carbocycles. The van der Waals surface area contributed by atoms with Gasteiger partial charge < -0.3 is 19.9 Å². The van der Waals surface area contributed by atoms with Crippen LogP contribution in [0.5, 0.6) is 0 Å². The van der Waals surface area contributed by atoms with Gasteiger partial charge in [-0.25, -0.2) is 0 Å². The summed E-state index contributed by atoms with van der Waals surface area (Å²) in [5.41, 5.74) is 0. The first kappa shape index (κ1) is 18.0. The second kappa shape index (κ2) is 9.04. The quantitative estimate of drug-likeness (QED) is 0.689. The Balaban J connectivity index is 1.80. The predicted molar refractivity (Wildman–Crippen MR) is 90.0 cm³/mol. The van der Waals surface area contributed by atoms with E-state index >= 15 is 0 Å². The third-order valence-corrected chi connectivity index (χ3v) is 5.45. The fraction of sp³-hybridized carbons (Fsp3) is 0.692. The molecule has 8 nitrogen and oxygen atoms in total.